The van der Waals surface area contributed by atoms with E-state index in [-0.39, 0.29) is 0 Å². The summed E-state index contributed by atoms with van der Waals surface area (Å²) in [5.74, 6) is 1.86. The molecule has 0 aliphatic rings. The highest BCUT2D eigenvalue weighted by Crippen LogP contribution is 2.41. The summed E-state index contributed by atoms with van der Waals surface area (Å²) in [7, 11) is 0. The molecule has 2 aromatic heterocycles. The number of hydrogen-bond donors (Lipinski definition) is 0. The standard InChI is InChI=1S/C51H31N3O/c1-2-13-36-29-38(28-23-32(36)11-1)50-52-49(35-26-24-34(25-27-35)41-19-9-15-33-12-3-5-16-40(33)41)53-51(54-50)39-30-37-14-4-6-17-42(37)45(31-39)43-20-10-22-47-48(43)44-18-7-8-21-46(44)55-47/h1-31H. The van der Waals surface area contributed by atoms with Gasteiger partial charge in [-0.1, -0.05) is 158 Å². The van der Waals surface area contributed by atoms with Crippen LogP contribution in [0.2, 0.25) is 0 Å². The third-order valence-electron chi connectivity index (χ3n) is 10.7. The van der Waals surface area contributed by atoms with E-state index < -0.39 is 0 Å². The molecular weight excluding hydrogens is 671 g/mol. The van der Waals surface area contributed by atoms with Crippen LogP contribution in [-0.2, 0) is 0 Å². The lowest BCUT2D eigenvalue weighted by Gasteiger charge is -2.13. The van der Waals surface area contributed by atoms with Gasteiger partial charge in [-0.3, -0.25) is 0 Å². The molecule has 11 rings (SSSR count). The lowest BCUT2D eigenvalue weighted by atomic mass is 9.92. The van der Waals surface area contributed by atoms with Gasteiger partial charge in [0.1, 0.15) is 11.2 Å². The molecule has 0 saturated heterocycles. The third-order valence-corrected chi connectivity index (χ3v) is 10.7. The summed E-state index contributed by atoms with van der Waals surface area (Å²) < 4.78 is 6.33. The molecule has 4 nitrogen and oxygen atoms in total. The number of aromatic nitrogens is 3. The predicted octanol–water partition coefficient (Wildman–Crippen LogP) is 13.6. The molecule has 0 unspecified atom stereocenters. The summed E-state index contributed by atoms with van der Waals surface area (Å²) in [6, 6.07) is 65.8. The maximum atomic E-state index is 6.33. The largest absolute Gasteiger partial charge is 0.456 e. The highest BCUT2D eigenvalue weighted by molar-refractivity contribution is 6.15. The molecule has 0 N–H and O–H groups in total. The predicted molar refractivity (Wildman–Crippen MR) is 227 cm³/mol. The molecule has 256 valence electrons. The Labute approximate surface area is 317 Å². The summed E-state index contributed by atoms with van der Waals surface area (Å²) in [5, 5.41) is 9.20. The van der Waals surface area contributed by atoms with Crippen LogP contribution < -0.4 is 0 Å². The molecular formula is C51H31N3O. The van der Waals surface area contributed by atoms with Crippen LogP contribution in [0.15, 0.2) is 192 Å². The molecule has 0 bridgehead atoms. The van der Waals surface area contributed by atoms with Crippen LogP contribution in [-0.4, -0.2) is 15.0 Å². The Morgan fingerprint density at radius 1 is 0.291 bits per heavy atom. The van der Waals surface area contributed by atoms with Gasteiger partial charge in [0.15, 0.2) is 17.5 Å². The van der Waals surface area contributed by atoms with E-state index in [4.69, 9.17) is 19.4 Å². The van der Waals surface area contributed by atoms with Crippen molar-refractivity contribution in [3.8, 4) is 56.4 Å². The van der Waals surface area contributed by atoms with E-state index in [1.807, 2.05) is 18.2 Å². The average molecular weight is 702 g/mol. The molecule has 55 heavy (non-hydrogen) atoms. The zero-order valence-electron chi connectivity index (χ0n) is 29.6. The molecule has 0 aliphatic heterocycles. The van der Waals surface area contributed by atoms with Gasteiger partial charge < -0.3 is 4.42 Å². The monoisotopic (exact) mass is 701 g/mol. The Kier molecular flexibility index (Phi) is 7.14. The fourth-order valence-electron chi connectivity index (χ4n) is 8.03. The van der Waals surface area contributed by atoms with E-state index in [0.717, 1.165) is 71.5 Å². The smallest absolute Gasteiger partial charge is 0.164 e. The van der Waals surface area contributed by atoms with Crippen LogP contribution in [0.4, 0.5) is 0 Å². The van der Waals surface area contributed by atoms with E-state index >= 15 is 0 Å². The summed E-state index contributed by atoms with van der Waals surface area (Å²) in [5.41, 5.74) is 9.05. The highest BCUT2D eigenvalue weighted by atomic mass is 16.3. The van der Waals surface area contributed by atoms with E-state index in [2.05, 4.69) is 170 Å². The van der Waals surface area contributed by atoms with Crippen LogP contribution in [0.3, 0.4) is 0 Å². The van der Waals surface area contributed by atoms with Gasteiger partial charge in [-0.15, -0.1) is 0 Å². The Morgan fingerprint density at radius 2 is 0.818 bits per heavy atom. The van der Waals surface area contributed by atoms with Crippen LogP contribution in [0.5, 0.6) is 0 Å². The highest BCUT2D eigenvalue weighted by Gasteiger charge is 2.18. The van der Waals surface area contributed by atoms with Crippen molar-refractivity contribution in [2.45, 2.75) is 0 Å². The number of benzene rings is 9. The number of nitrogens with zero attached hydrogens (tertiary/aromatic N) is 3. The Hall–Kier alpha value is -7.43. The summed E-state index contributed by atoms with van der Waals surface area (Å²) in [6.45, 7) is 0. The lowest BCUT2D eigenvalue weighted by molar-refractivity contribution is 0.669. The molecule has 0 fully saturated rings. The van der Waals surface area contributed by atoms with Crippen molar-refractivity contribution >= 4 is 54.3 Å². The zero-order valence-corrected chi connectivity index (χ0v) is 29.6. The van der Waals surface area contributed by atoms with Gasteiger partial charge in [0.05, 0.1) is 0 Å². The Morgan fingerprint density at radius 3 is 1.64 bits per heavy atom. The molecule has 0 saturated carbocycles. The quantitative estimate of drug-likeness (QED) is 0.179. The van der Waals surface area contributed by atoms with E-state index in [1.165, 1.54) is 21.7 Å². The normalized spacial score (nSPS) is 11.6. The van der Waals surface area contributed by atoms with Gasteiger partial charge in [-0.05, 0) is 84.9 Å². The number of fused-ring (bicyclic) bond motifs is 6. The summed E-state index contributed by atoms with van der Waals surface area (Å²) in [4.78, 5) is 15.6. The van der Waals surface area contributed by atoms with Gasteiger partial charge in [-0.2, -0.15) is 0 Å². The maximum absolute atomic E-state index is 6.33. The lowest BCUT2D eigenvalue weighted by Crippen LogP contribution is -2.00. The second-order valence-corrected chi connectivity index (χ2v) is 14.0. The van der Waals surface area contributed by atoms with Gasteiger partial charge in [0, 0.05) is 27.5 Å². The van der Waals surface area contributed by atoms with Crippen molar-refractivity contribution in [3.05, 3.63) is 188 Å². The molecule has 4 heteroatoms. The molecule has 11 aromatic rings. The van der Waals surface area contributed by atoms with Crippen LogP contribution in [0.1, 0.15) is 0 Å². The SMILES string of the molecule is c1ccc2cc(-c3nc(-c4ccc(-c5cccc6ccccc56)cc4)nc(-c4cc(-c5cccc6oc7ccccc7c56)c5ccccc5c4)n3)ccc2c1. The first kappa shape index (κ1) is 31.1. The van der Waals surface area contributed by atoms with Crippen molar-refractivity contribution in [3.63, 3.8) is 0 Å². The molecule has 0 aliphatic carbocycles. The fraction of sp³-hybridized carbons (Fsp3) is 0. The van der Waals surface area contributed by atoms with Gasteiger partial charge in [-0.25, -0.2) is 15.0 Å². The average Bonchev–Trinajstić information content (AvgIpc) is 3.65. The number of para-hydroxylation sites is 1. The molecule has 0 radical (unpaired) electrons. The number of hydrogen-bond acceptors (Lipinski definition) is 4. The minimum absolute atomic E-state index is 0.613. The first-order chi connectivity index (χ1) is 27.2. The van der Waals surface area contributed by atoms with Crippen molar-refractivity contribution in [1.82, 2.24) is 15.0 Å². The number of furan rings is 1. The molecule has 2 heterocycles. The van der Waals surface area contributed by atoms with Crippen molar-refractivity contribution < 1.29 is 4.42 Å². The maximum Gasteiger partial charge on any atom is 0.164 e. The first-order valence-electron chi connectivity index (χ1n) is 18.5. The summed E-state index contributed by atoms with van der Waals surface area (Å²) in [6.07, 6.45) is 0. The van der Waals surface area contributed by atoms with Crippen molar-refractivity contribution in [2.24, 2.45) is 0 Å². The van der Waals surface area contributed by atoms with Crippen LogP contribution >= 0.6 is 0 Å². The number of rotatable bonds is 5. The molecule has 0 spiro atoms. The second kappa shape index (κ2) is 12.6. The molecule has 9 aromatic carbocycles. The Bertz CT molecular complexity index is 3270. The minimum atomic E-state index is 0.613. The van der Waals surface area contributed by atoms with Gasteiger partial charge >= 0.3 is 0 Å². The molecule has 0 atom stereocenters. The third kappa shape index (κ3) is 5.34. The van der Waals surface area contributed by atoms with Crippen LogP contribution in [0, 0.1) is 0 Å². The van der Waals surface area contributed by atoms with Crippen molar-refractivity contribution in [1.29, 1.82) is 0 Å². The van der Waals surface area contributed by atoms with E-state index in [9.17, 15) is 0 Å². The Balaban J connectivity index is 1.11. The fourth-order valence-corrected chi connectivity index (χ4v) is 8.03. The first-order valence-corrected chi connectivity index (χ1v) is 18.5. The topological polar surface area (TPSA) is 51.8 Å². The summed E-state index contributed by atoms with van der Waals surface area (Å²) >= 11 is 0. The minimum Gasteiger partial charge on any atom is -0.456 e. The van der Waals surface area contributed by atoms with E-state index in [0.29, 0.717) is 17.5 Å². The van der Waals surface area contributed by atoms with Gasteiger partial charge in [0.25, 0.3) is 0 Å². The molecule has 0 amide bonds. The van der Waals surface area contributed by atoms with Gasteiger partial charge in [0.2, 0.25) is 0 Å². The van der Waals surface area contributed by atoms with Crippen molar-refractivity contribution in [2.75, 3.05) is 0 Å². The second-order valence-electron chi connectivity index (χ2n) is 14.0. The van der Waals surface area contributed by atoms with E-state index in [1.54, 1.807) is 0 Å². The zero-order chi connectivity index (χ0) is 36.3. The van der Waals surface area contributed by atoms with Crippen LogP contribution in [0.25, 0.3) is 111 Å².